The van der Waals surface area contributed by atoms with Crippen LogP contribution in [0, 0.1) is 35.5 Å². The zero-order valence-corrected chi connectivity index (χ0v) is 42.9. The van der Waals surface area contributed by atoms with Crippen molar-refractivity contribution in [2.75, 3.05) is 41.2 Å². The van der Waals surface area contributed by atoms with Gasteiger partial charge in [0.05, 0.1) is 41.2 Å². The summed E-state index contributed by atoms with van der Waals surface area (Å²) < 4.78 is 37.4. The lowest BCUT2D eigenvalue weighted by Gasteiger charge is -2.17. The van der Waals surface area contributed by atoms with E-state index in [1.807, 2.05) is 30.4 Å². The Morgan fingerprint density at radius 1 is 0.354 bits per heavy atom. The first-order chi connectivity index (χ1) is 31.2. The molecule has 6 nitrogen and oxygen atoms in total. The van der Waals surface area contributed by atoms with Crippen LogP contribution in [0.25, 0.3) is 36.5 Å². The number of benzene rings is 3. The standard InChI is InChI=1S/C59H88O6/c1-15-48-37-58(64-34-31-46(10)24-18-21-43(5)6)52(38-54(48)60-12)28-27-51-41-59(65-35-32-47(11)25-19-22-44(7)8)53(39-56(51)62-14)29-26-50-40-57(49(16-2)36-55(50)61-13)63-33-30-45(9)23-17-20-42(3)4/h15-16,26-29,36-47H,1-2,17-25,30-35H2,3-14H3/b28-27+,29-26+/i1+1,2+1,15+1,16+1,26+1,27+1,28+1,29+1. The van der Waals surface area contributed by atoms with Gasteiger partial charge in [-0.05, 0) is 91.2 Å². The summed E-state index contributed by atoms with van der Waals surface area (Å²) in [6.45, 7) is 30.8. The van der Waals surface area contributed by atoms with Crippen molar-refractivity contribution >= 4 is 36.5 Å². The minimum atomic E-state index is 0.564. The van der Waals surface area contributed by atoms with Crippen molar-refractivity contribution in [1.29, 1.82) is 0 Å². The summed E-state index contributed by atoms with van der Waals surface area (Å²) in [4.78, 5) is 0. The van der Waals surface area contributed by atoms with E-state index in [4.69, 9.17) is 28.4 Å². The van der Waals surface area contributed by atoms with Crippen LogP contribution in [0.4, 0.5) is 0 Å². The largest absolute Gasteiger partial charge is 0.496 e. The average Bonchev–Trinajstić information content (AvgIpc) is 3.27. The Morgan fingerprint density at radius 2 is 0.600 bits per heavy atom. The molecule has 3 atom stereocenters. The predicted octanol–water partition coefficient (Wildman–Crippen LogP) is 17.0. The quantitative estimate of drug-likeness (QED) is 0.0448. The summed E-state index contributed by atoms with van der Waals surface area (Å²) in [6, 6.07) is 12.3. The van der Waals surface area contributed by atoms with Crippen molar-refractivity contribution < 1.29 is 28.4 Å². The molecule has 3 aromatic rings. The first-order valence-electron chi connectivity index (χ1n) is 24.9. The normalized spacial score (nSPS) is 13.2. The molecule has 0 bridgehead atoms. The molecule has 3 rings (SSSR count). The molecule has 0 N–H and O–H groups in total. The van der Waals surface area contributed by atoms with E-state index in [0.717, 1.165) is 105 Å². The van der Waals surface area contributed by atoms with Gasteiger partial charge in [0, 0.05) is 33.4 Å². The van der Waals surface area contributed by atoms with Crippen LogP contribution in [0.3, 0.4) is 0 Å². The third-order valence-electron chi connectivity index (χ3n) is 12.5. The van der Waals surface area contributed by atoms with Gasteiger partial charge in [0.15, 0.2) is 0 Å². The summed E-state index contributed by atoms with van der Waals surface area (Å²) in [5.74, 6) is 8.54. The molecule has 6 heteroatoms. The Morgan fingerprint density at radius 3 is 0.908 bits per heavy atom. The van der Waals surface area contributed by atoms with E-state index in [0.29, 0.717) is 37.6 Å². The number of methoxy groups -OCH3 is 3. The van der Waals surface area contributed by atoms with Crippen LogP contribution in [0.1, 0.15) is 173 Å². The molecule has 360 valence electrons. The van der Waals surface area contributed by atoms with Crippen molar-refractivity contribution in [3.8, 4) is 34.5 Å². The van der Waals surface area contributed by atoms with Gasteiger partial charge in [0.2, 0.25) is 0 Å². The Hall–Kier alpha value is -4.58. The van der Waals surface area contributed by atoms with Crippen molar-refractivity contribution in [1.82, 2.24) is 0 Å². The second-order valence-corrected chi connectivity index (χ2v) is 19.7. The monoisotopic (exact) mass is 901 g/mol. The smallest absolute Gasteiger partial charge is 0.127 e. The van der Waals surface area contributed by atoms with Crippen LogP contribution in [0.2, 0.25) is 0 Å². The maximum atomic E-state index is 6.69. The summed E-state index contributed by atoms with van der Waals surface area (Å²) >= 11 is 0. The predicted molar refractivity (Wildman–Crippen MR) is 281 cm³/mol. The fraction of sp³-hybridized carbons (Fsp3) is 0.559. The lowest BCUT2D eigenvalue weighted by molar-refractivity contribution is 0.274. The fourth-order valence-electron chi connectivity index (χ4n) is 8.05. The topological polar surface area (TPSA) is 55.4 Å². The highest BCUT2D eigenvalue weighted by atomic mass is 16.5. The number of hydrogen-bond acceptors (Lipinski definition) is 6. The van der Waals surface area contributed by atoms with E-state index >= 15 is 0 Å². The van der Waals surface area contributed by atoms with Crippen molar-refractivity contribution in [3.63, 3.8) is 0 Å². The molecule has 0 aromatic heterocycles. The van der Waals surface area contributed by atoms with Gasteiger partial charge in [-0.3, -0.25) is 0 Å². The molecule has 0 aliphatic carbocycles. The molecular formula is C59H88O6. The molecule has 0 amide bonds. The van der Waals surface area contributed by atoms with Crippen LogP contribution in [-0.2, 0) is 0 Å². The van der Waals surface area contributed by atoms with Crippen molar-refractivity contribution in [2.24, 2.45) is 35.5 Å². The molecule has 0 spiro atoms. The molecule has 0 radical (unpaired) electrons. The minimum Gasteiger partial charge on any atom is -0.496 e. The second-order valence-electron chi connectivity index (χ2n) is 19.7. The molecule has 0 heterocycles. The van der Waals surface area contributed by atoms with Crippen LogP contribution >= 0.6 is 0 Å². The lowest BCUT2D eigenvalue weighted by atomic mass is 9.98. The summed E-state index contributed by atoms with van der Waals surface area (Å²) in [7, 11) is 5.10. The maximum absolute atomic E-state index is 6.69. The van der Waals surface area contributed by atoms with Gasteiger partial charge in [-0.1, -0.05) is 170 Å². The summed E-state index contributed by atoms with van der Waals surface area (Å²) in [6.07, 6.45) is 26.1. The Balaban J connectivity index is 1.99. The molecule has 65 heavy (non-hydrogen) atoms. The SMILES string of the molecule is COc1cc(/[13CH]=[13CH]/c2cc(OCCC(C)CCCC(C)C)c(/[13CH]=[13CH]/c3cc(OCCC(C)CCCC(C)C)c([13CH]=[13CH2])cc3OC)cc2OC)c(OCCC(C)CCCC(C)C)cc1[13CH]=[13CH2]. The zero-order valence-electron chi connectivity index (χ0n) is 42.9. The Kier molecular flexibility index (Phi) is 25.1. The third-order valence-corrected chi connectivity index (χ3v) is 12.5. The molecule has 0 saturated carbocycles. The second kappa shape index (κ2) is 29.9. The fourth-order valence-corrected chi connectivity index (χ4v) is 8.05. The van der Waals surface area contributed by atoms with Gasteiger partial charge < -0.3 is 28.4 Å². The highest BCUT2D eigenvalue weighted by molar-refractivity contribution is 5.82. The van der Waals surface area contributed by atoms with Crippen LogP contribution in [0.5, 0.6) is 34.5 Å². The number of ether oxygens (including phenoxy) is 6. The molecule has 0 aliphatic heterocycles. The van der Waals surface area contributed by atoms with Crippen molar-refractivity contribution in [2.45, 2.75) is 139 Å². The average molecular weight is 901 g/mol. The molecule has 0 aliphatic rings. The maximum Gasteiger partial charge on any atom is 0.127 e. The first kappa shape index (κ1) is 54.8. The minimum absolute atomic E-state index is 0.564. The highest BCUT2D eigenvalue weighted by Gasteiger charge is 2.15. The van der Waals surface area contributed by atoms with E-state index in [1.54, 1.807) is 21.3 Å². The third kappa shape index (κ3) is 19.8. The van der Waals surface area contributed by atoms with Crippen LogP contribution < -0.4 is 28.4 Å². The van der Waals surface area contributed by atoms with Gasteiger partial charge in [-0.25, -0.2) is 0 Å². The van der Waals surface area contributed by atoms with Gasteiger partial charge in [-0.15, -0.1) is 0 Å². The van der Waals surface area contributed by atoms with Crippen molar-refractivity contribution in [3.05, 3.63) is 82.9 Å². The van der Waals surface area contributed by atoms with Gasteiger partial charge in [-0.2, -0.15) is 0 Å². The van der Waals surface area contributed by atoms with Crippen LogP contribution in [-0.4, -0.2) is 41.2 Å². The Labute approximate surface area is 396 Å². The molecule has 0 fully saturated rings. The lowest BCUT2D eigenvalue weighted by Crippen LogP contribution is -2.06. The number of rotatable bonds is 33. The Bertz CT molecular complexity index is 1920. The van der Waals surface area contributed by atoms with E-state index < -0.39 is 0 Å². The summed E-state index contributed by atoms with van der Waals surface area (Å²) in [5, 5.41) is 0. The van der Waals surface area contributed by atoms with E-state index in [1.165, 1.54) is 57.8 Å². The van der Waals surface area contributed by atoms with E-state index in [-0.39, 0.29) is 0 Å². The highest BCUT2D eigenvalue weighted by Crippen LogP contribution is 2.37. The van der Waals surface area contributed by atoms with Gasteiger partial charge in [0.25, 0.3) is 0 Å². The molecule has 3 aromatic carbocycles. The molecular weight excluding hydrogens is 813 g/mol. The van der Waals surface area contributed by atoms with Gasteiger partial charge in [0.1, 0.15) is 34.5 Å². The van der Waals surface area contributed by atoms with E-state index in [9.17, 15) is 0 Å². The molecule has 0 saturated heterocycles. The molecule has 3 unspecified atom stereocenters. The zero-order chi connectivity index (χ0) is 47.7. The van der Waals surface area contributed by atoms with E-state index in [2.05, 4.69) is 118 Å². The number of hydrogen-bond donors (Lipinski definition) is 0. The first-order valence-corrected chi connectivity index (χ1v) is 24.9. The van der Waals surface area contributed by atoms with Gasteiger partial charge >= 0.3 is 0 Å². The summed E-state index contributed by atoms with van der Waals surface area (Å²) in [5.41, 5.74) is 5.42. The van der Waals surface area contributed by atoms with Crippen LogP contribution in [0.15, 0.2) is 49.6 Å².